The van der Waals surface area contributed by atoms with Gasteiger partial charge in [-0.2, -0.15) is 0 Å². The van der Waals surface area contributed by atoms with Crippen LogP contribution in [-0.2, 0) is 9.59 Å². The van der Waals surface area contributed by atoms with Crippen molar-refractivity contribution in [3.63, 3.8) is 0 Å². The third-order valence-corrected chi connectivity index (χ3v) is 8.46. The van der Waals surface area contributed by atoms with Gasteiger partial charge in [-0.25, -0.2) is 4.90 Å². The van der Waals surface area contributed by atoms with Gasteiger partial charge in [-0.3, -0.25) is 19.2 Å². The summed E-state index contributed by atoms with van der Waals surface area (Å²) in [6, 6.07) is 18.6. The van der Waals surface area contributed by atoms with Crippen LogP contribution in [0.3, 0.4) is 0 Å². The van der Waals surface area contributed by atoms with Gasteiger partial charge in [-0.1, -0.05) is 87.7 Å². The smallest absolute Gasteiger partial charge is 0.240 e. The Kier molecular flexibility index (Phi) is 6.53. The number of rotatable bonds is 5. The molecule has 6 rings (SSSR count). The van der Waals surface area contributed by atoms with E-state index in [-0.39, 0.29) is 22.3 Å². The molecule has 194 valence electrons. The number of hydrogen-bond donors (Lipinski definition) is 0. The van der Waals surface area contributed by atoms with E-state index in [0.717, 1.165) is 9.37 Å². The highest BCUT2D eigenvalue weighted by molar-refractivity contribution is 9.10. The highest BCUT2D eigenvalue weighted by atomic mass is 79.9. The van der Waals surface area contributed by atoms with Crippen molar-refractivity contribution < 1.29 is 19.2 Å². The van der Waals surface area contributed by atoms with Gasteiger partial charge in [0.15, 0.2) is 11.6 Å². The zero-order chi connectivity index (χ0) is 27.4. The molecule has 0 spiro atoms. The minimum atomic E-state index is -0.975. The molecule has 0 aromatic heterocycles. The summed E-state index contributed by atoms with van der Waals surface area (Å²) >= 11 is 15.8. The molecule has 0 saturated carbocycles. The number of amides is 2. The van der Waals surface area contributed by atoms with Crippen molar-refractivity contribution >= 4 is 68.2 Å². The predicted molar refractivity (Wildman–Crippen MR) is 152 cm³/mol. The summed E-state index contributed by atoms with van der Waals surface area (Å²) in [6.45, 7) is 0. The molecule has 6 nitrogen and oxygen atoms in total. The van der Waals surface area contributed by atoms with Crippen LogP contribution in [0, 0.1) is 11.8 Å². The first-order valence-electron chi connectivity index (χ1n) is 12.2. The lowest BCUT2D eigenvalue weighted by Crippen LogP contribution is -2.46. The van der Waals surface area contributed by atoms with Crippen LogP contribution < -0.4 is 4.90 Å². The molecule has 0 radical (unpaired) electrons. The number of anilines is 1. The van der Waals surface area contributed by atoms with Gasteiger partial charge in [0.05, 0.1) is 28.6 Å². The Morgan fingerprint density at radius 1 is 0.821 bits per heavy atom. The number of carbonyl (C=O) groups excluding carboxylic acids is 4. The average Bonchev–Trinajstić information content (AvgIpc) is 3.40. The third kappa shape index (κ3) is 4.25. The summed E-state index contributed by atoms with van der Waals surface area (Å²) in [5.41, 5.74) is 1.51. The summed E-state index contributed by atoms with van der Waals surface area (Å²) in [5, 5.41) is 0.512. The van der Waals surface area contributed by atoms with Crippen LogP contribution in [-0.4, -0.2) is 40.4 Å². The molecule has 3 aliphatic heterocycles. The Morgan fingerprint density at radius 2 is 1.51 bits per heavy atom. The van der Waals surface area contributed by atoms with Crippen LogP contribution in [0.1, 0.15) is 20.7 Å². The molecular formula is C30H19BrCl2N2O4. The number of nitrogens with zero attached hydrogens (tertiary/aromatic N) is 2. The first kappa shape index (κ1) is 25.7. The normalized spacial score (nSPS) is 23.5. The van der Waals surface area contributed by atoms with Gasteiger partial charge in [0, 0.05) is 32.4 Å². The molecule has 0 unspecified atom stereocenters. The summed E-state index contributed by atoms with van der Waals surface area (Å²) < 4.78 is 0.807. The van der Waals surface area contributed by atoms with Gasteiger partial charge in [0.2, 0.25) is 11.8 Å². The maximum atomic E-state index is 13.9. The molecule has 2 fully saturated rings. The quantitative estimate of drug-likeness (QED) is 0.253. The van der Waals surface area contributed by atoms with E-state index in [2.05, 4.69) is 15.9 Å². The molecule has 3 aromatic carbocycles. The molecule has 3 aliphatic rings. The van der Waals surface area contributed by atoms with Gasteiger partial charge in [-0.05, 0) is 36.4 Å². The molecule has 0 N–H and O–H groups in total. The minimum Gasteiger partial charge on any atom is -0.359 e. The van der Waals surface area contributed by atoms with E-state index < -0.39 is 35.7 Å². The van der Waals surface area contributed by atoms with Crippen molar-refractivity contribution in [2.45, 2.75) is 12.1 Å². The third-order valence-electron chi connectivity index (χ3n) is 7.39. The van der Waals surface area contributed by atoms with Crippen molar-refractivity contribution in [1.82, 2.24) is 4.90 Å². The fourth-order valence-corrected chi connectivity index (χ4v) is 6.40. The number of fused-ring (bicyclic) bond motifs is 3. The SMILES string of the molecule is O=C(C1=C[C@H]2[C@H]3C(=O)N(c4ccc(Cl)cc4Cl)C(=O)[C@@H]3[C@H](C(=O)c3ccc(Br)cc3)N2C=C1)c1ccccc1. The van der Waals surface area contributed by atoms with Gasteiger partial charge in [0.1, 0.15) is 6.04 Å². The fraction of sp³-hybridized carbons (Fsp3) is 0.133. The fourth-order valence-electron chi connectivity index (χ4n) is 5.64. The monoisotopic (exact) mass is 620 g/mol. The lowest BCUT2D eigenvalue weighted by molar-refractivity contribution is -0.123. The van der Waals surface area contributed by atoms with Crippen molar-refractivity contribution in [3.05, 3.63) is 122 Å². The second-order valence-electron chi connectivity index (χ2n) is 9.55. The number of ketones is 2. The number of Topliss-reactive ketones (excluding diaryl/α,β-unsaturated/α-hetero) is 2. The molecule has 0 bridgehead atoms. The highest BCUT2D eigenvalue weighted by Crippen LogP contribution is 2.48. The van der Waals surface area contributed by atoms with Crippen LogP contribution in [0.5, 0.6) is 0 Å². The van der Waals surface area contributed by atoms with Crippen LogP contribution in [0.25, 0.3) is 0 Å². The predicted octanol–water partition coefficient (Wildman–Crippen LogP) is 6.13. The number of imide groups is 1. The number of allylic oxidation sites excluding steroid dienone is 2. The van der Waals surface area contributed by atoms with Crippen molar-refractivity contribution in [1.29, 1.82) is 0 Å². The Morgan fingerprint density at radius 3 is 2.21 bits per heavy atom. The van der Waals surface area contributed by atoms with E-state index in [0.29, 0.717) is 21.7 Å². The van der Waals surface area contributed by atoms with Crippen molar-refractivity contribution in [2.24, 2.45) is 11.8 Å². The van der Waals surface area contributed by atoms with Gasteiger partial charge in [-0.15, -0.1) is 0 Å². The van der Waals surface area contributed by atoms with Gasteiger partial charge < -0.3 is 4.90 Å². The number of carbonyl (C=O) groups is 4. The van der Waals surface area contributed by atoms with Crippen LogP contribution >= 0.6 is 39.1 Å². The van der Waals surface area contributed by atoms with E-state index in [9.17, 15) is 19.2 Å². The van der Waals surface area contributed by atoms with E-state index in [1.165, 1.54) is 12.1 Å². The molecule has 2 saturated heterocycles. The van der Waals surface area contributed by atoms with E-state index in [4.69, 9.17) is 23.2 Å². The Bertz CT molecular complexity index is 1600. The first-order chi connectivity index (χ1) is 18.8. The Balaban J connectivity index is 1.44. The minimum absolute atomic E-state index is 0.149. The summed E-state index contributed by atoms with van der Waals surface area (Å²) in [4.78, 5) is 57.8. The number of hydrogen-bond acceptors (Lipinski definition) is 5. The highest BCUT2D eigenvalue weighted by Gasteiger charge is 2.63. The molecule has 3 aromatic rings. The van der Waals surface area contributed by atoms with E-state index in [1.54, 1.807) is 77.8 Å². The molecule has 2 amide bonds. The standard InChI is InChI=1S/C30H19BrCl2N2O4/c31-19-8-6-17(7-9-19)28(37)26-25-24(29(38)35(30(25)39)22-11-10-20(32)15-21(22)33)23-14-18(12-13-34(23)26)27(36)16-4-2-1-3-5-16/h1-15,23-26H/t23-,24+,25-,26+/m0/s1. The van der Waals surface area contributed by atoms with E-state index >= 15 is 0 Å². The molecule has 9 heteroatoms. The molecule has 3 heterocycles. The molecule has 0 aliphatic carbocycles. The van der Waals surface area contributed by atoms with E-state index in [1.807, 2.05) is 6.07 Å². The second-order valence-corrected chi connectivity index (χ2v) is 11.3. The average molecular weight is 622 g/mol. The zero-order valence-corrected chi connectivity index (χ0v) is 23.2. The largest absolute Gasteiger partial charge is 0.359 e. The first-order valence-corrected chi connectivity index (χ1v) is 13.7. The topological polar surface area (TPSA) is 74.8 Å². The Labute approximate surface area is 242 Å². The van der Waals surface area contributed by atoms with Gasteiger partial charge >= 0.3 is 0 Å². The summed E-state index contributed by atoms with van der Waals surface area (Å²) in [7, 11) is 0. The molecule has 4 atom stereocenters. The molecule has 39 heavy (non-hydrogen) atoms. The van der Waals surface area contributed by atoms with Crippen LogP contribution in [0.2, 0.25) is 10.0 Å². The van der Waals surface area contributed by atoms with Gasteiger partial charge in [0.25, 0.3) is 0 Å². The number of halogens is 3. The summed E-state index contributed by atoms with van der Waals surface area (Å²) in [6.07, 6.45) is 4.98. The summed E-state index contributed by atoms with van der Waals surface area (Å²) in [5.74, 6) is -3.36. The van der Waals surface area contributed by atoms with Crippen LogP contribution in [0.4, 0.5) is 5.69 Å². The van der Waals surface area contributed by atoms with Crippen LogP contribution in [0.15, 0.2) is 101 Å². The Hall–Kier alpha value is -3.52. The number of benzene rings is 3. The van der Waals surface area contributed by atoms with Crippen molar-refractivity contribution in [3.8, 4) is 0 Å². The second kappa shape index (κ2) is 9.90. The maximum Gasteiger partial charge on any atom is 0.240 e. The zero-order valence-electron chi connectivity index (χ0n) is 20.1. The lowest BCUT2D eigenvalue weighted by Gasteiger charge is -2.33. The van der Waals surface area contributed by atoms with Crippen molar-refractivity contribution in [2.75, 3.05) is 4.90 Å². The maximum absolute atomic E-state index is 13.9. The molecular weight excluding hydrogens is 603 g/mol. The lowest BCUT2D eigenvalue weighted by atomic mass is 9.85.